The average molecular weight is 506 g/mol. The van der Waals surface area contributed by atoms with Crippen molar-refractivity contribution in [1.82, 2.24) is 9.88 Å². The SMILES string of the molecule is Cc1cc(/C(O)=C2/C(=O)C(=O)N(Cc3ccncc3)C2c2ccc(N(C)C)cc2)ccc1Br. The second kappa shape index (κ2) is 9.19. The van der Waals surface area contributed by atoms with Gasteiger partial charge in [-0.2, -0.15) is 0 Å². The summed E-state index contributed by atoms with van der Waals surface area (Å²) >= 11 is 3.46. The molecule has 1 atom stereocenters. The van der Waals surface area contributed by atoms with Gasteiger partial charge < -0.3 is 14.9 Å². The van der Waals surface area contributed by atoms with Gasteiger partial charge in [0.2, 0.25) is 0 Å². The van der Waals surface area contributed by atoms with Crippen LogP contribution in [0.2, 0.25) is 0 Å². The van der Waals surface area contributed by atoms with Crippen LogP contribution in [0.15, 0.2) is 77.0 Å². The first-order valence-electron chi connectivity index (χ1n) is 10.5. The number of aromatic nitrogens is 1. The van der Waals surface area contributed by atoms with Crippen molar-refractivity contribution in [1.29, 1.82) is 0 Å². The van der Waals surface area contributed by atoms with Crippen molar-refractivity contribution in [3.8, 4) is 0 Å². The Morgan fingerprint density at radius 3 is 2.33 bits per heavy atom. The number of hydrogen-bond acceptors (Lipinski definition) is 5. The molecular formula is C26H24BrN3O3. The molecule has 1 saturated heterocycles. The Kier molecular flexibility index (Phi) is 6.33. The van der Waals surface area contributed by atoms with E-state index in [0.29, 0.717) is 5.56 Å². The number of likely N-dealkylation sites (tertiary alicyclic amines) is 1. The van der Waals surface area contributed by atoms with Crippen molar-refractivity contribution in [3.63, 3.8) is 0 Å². The standard InChI is InChI=1S/C26H24BrN3O3/c1-16-14-19(6-9-21(16)27)24(31)22-23(18-4-7-20(8-5-18)29(2)3)30(26(33)25(22)32)15-17-10-12-28-13-11-17/h4-14,23,31H,15H2,1-3H3/b24-22-. The maximum atomic E-state index is 13.2. The highest BCUT2D eigenvalue weighted by molar-refractivity contribution is 9.10. The Morgan fingerprint density at radius 2 is 1.73 bits per heavy atom. The molecule has 1 aliphatic heterocycles. The number of benzene rings is 2. The summed E-state index contributed by atoms with van der Waals surface area (Å²) in [6.07, 6.45) is 3.30. The van der Waals surface area contributed by atoms with Gasteiger partial charge in [-0.05, 0) is 60.0 Å². The summed E-state index contributed by atoms with van der Waals surface area (Å²) in [5, 5.41) is 11.2. The molecule has 1 aromatic heterocycles. The van der Waals surface area contributed by atoms with E-state index in [1.165, 1.54) is 4.90 Å². The van der Waals surface area contributed by atoms with Crippen LogP contribution in [-0.2, 0) is 16.1 Å². The third-order valence-corrected chi connectivity index (χ3v) is 6.69. The molecule has 1 amide bonds. The van der Waals surface area contributed by atoms with Crippen molar-refractivity contribution in [3.05, 3.63) is 99.3 Å². The van der Waals surface area contributed by atoms with Crippen LogP contribution in [0, 0.1) is 6.92 Å². The minimum Gasteiger partial charge on any atom is -0.507 e. The Balaban J connectivity index is 1.86. The van der Waals surface area contributed by atoms with E-state index in [1.807, 2.05) is 68.4 Å². The lowest BCUT2D eigenvalue weighted by molar-refractivity contribution is -0.140. The van der Waals surface area contributed by atoms with Crippen molar-refractivity contribution in [2.45, 2.75) is 19.5 Å². The van der Waals surface area contributed by atoms with Crippen LogP contribution in [0.4, 0.5) is 5.69 Å². The number of amides is 1. The van der Waals surface area contributed by atoms with Gasteiger partial charge in [0.05, 0.1) is 11.6 Å². The number of halogens is 1. The van der Waals surface area contributed by atoms with E-state index < -0.39 is 17.7 Å². The average Bonchev–Trinajstić information content (AvgIpc) is 3.06. The smallest absolute Gasteiger partial charge is 0.295 e. The van der Waals surface area contributed by atoms with Crippen LogP contribution < -0.4 is 4.90 Å². The number of Topliss-reactive ketones (excluding diaryl/α,β-unsaturated/α-hetero) is 1. The quantitative estimate of drug-likeness (QED) is 0.305. The summed E-state index contributed by atoms with van der Waals surface area (Å²) in [5.41, 5.74) is 4.09. The van der Waals surface area contributed by atoms with Crippen LogP contribution in [0.5, 0.6) is 0 Å². The lowest BCUT2D eigenvalue weighted by Gasteiger charge is -2.26. The summed E-state index contributed by atoms with van der Waals surface area (Å²) in [7, 11) is 3.89. The third-order valence-electron chi connectivity index (χ3n) is 5.80. The van der Waals surface area contributed by atoms with E-state index >= 15 is 0 Å². The summed E-state index contributed by atoms with van der Waals surface area (Å²) in [6, 6.07) is 15.9. The van der Waals surface area contributed by atoms with E-state index in [4.69, 9.17) is 0 Å². The van der Waals surface area contributed by atoms with E-state index in [9.17, 15) is 14.7 Å². The molecule has 2 heterocycles. The number of aryl methyl sites for hydroxylation is 1. The van der Waals surface area contributed by atoms with Gasteiger partial charge in [0, 0.05) is 48.8 Å². The fourth-order valence-corrected chi connectivity index (χ4v) is 4.22. The number of carbonyl (C=O) groups is 2. The zero-order chi connectivity index (χ0) is 23.7. The molecule has 0 bridgehead atoms. The molecule has 33 heavy (non-hydrogen) atoms. The molecule has 0 saturated carbocycles. The maximum absolute atomic E-state index is 13.2. The summed E-state index contributed by atoms with van der Waals surface area (Å²) < 4.78 is 0.896. The fraction of sp³-hybridized carbons (Fsp3) is 0.192. The molecule has 7 heteroatoms. The normalized spacial score (nSPS) is 17.5. The molecule has 4 rings (SSSR count). The largest absolute Gasteiger partial charge is 0.507 e. The molecule has 0 radical (unpaired) electrons. The molecule has 6 nitrogen and oxygen atoms in total. The molecule has 3 aromatic rings. The summed E-state index contributed by atoms with van der Waals surface area (Å²) in [4.78, 5) is 33.8. The van der Waals surface area contributed by atoms with Gasteiger partial charge in [-0.15, -0.1) is 0 Å². The Labute approximate surface area is 201 Å². The van der Waals surface area contributed by atoms with Crippen LogP contribution in [-0.4, -0.2) is 40.8 Å². The first-order valence-corrected chi connectivity index (χ1v) is 11.3. The highest BCUT2D eigenvalue weighted by atomic mass is 79.9. The van der Waals surface area contributed by atoms with Crippen LogP contribution in [0.1, 0.15) is 28.3 Å². The van der Waals surface area contributed by atoms with Crippen molar-refractivity contribution in [2.24, 2.45) is 0 Å². The number of aliphatic hydroxyl groups is 1. The van der Waals surface area contributed by atoms with Crippen molar-refractivity contribution < 1.29 is 14.7 Å². The zero-order valence-electron chi connectivity index (χ0n) is 18.6. The number of anilines is 1. The molecule has 1 unspecified atom stereocenters. The van der Waals surface area contributed by atoms with Gasteiger partial charge in [-0.3, -0.25) is 14.6 Å². The van der Waals surface area contributed by atoms with E-state index in [2.05, 4.69) is 20.9 Å². The predicted octanol–water partition coefficient (Wildman–Crippen LogP) is 4.84. The minimum atomic E-state index is -0.710. The Hall–Kier alpha value is -3.45. The lowest BCUT2D eigenvalue weighted by Crippen LogP contribution is -2.29. The van der Waals surface area contributed by atoms with Gasteiger partial charge in [-0.1, -0.05) is 34.1 Å². The topological polar surface area (TPSA) is 73.7 Å². The van der Waals surface area contributed by atoms with E-state index in [0.717, 1.165) is 26.9 Å². The van der Waals surface area contributed by atoms with Gasteiger partial charge in [-0.25, -0.2) is 0 Å². The summed E-state index contributed by atoms with van der Waals surface area (Å²) in [6.45, 7) is 2.13. The molecule has 2 aromatic carbocycles. The second-order valence-electron chi connectivity index (χ2n) is 8.23. The number of ketones is 1. The number of carbonyl (C=O) groups excluding carboxylic acids is 2. The number of hydrogen-bond donors (Lipinski definition) is 1. The molecule has 1 fully saturated rings. The Bertz CT molecular complexity index is 1240. The third kappa shape index (κ3) is 4.41. The van der Waals surface area contributed by atoms with Crippen LogP contribution in [0.25, 0.3) is 5.76 Å². The van der Waals surface area contributed by atoms with Gasteiger partial charge in [0.1, 0.15) is 5.76 Å². The molecule has 1 aliphatic rings. The van der Waals surface area contributed by atoms with Gasteiger partial charge >= 0.3 is 0 Å². The summed E-state index contributed by atoms with van der Waals surface area (Å²) in [5.74, 6) is -1.50. The number of rotatable bonds is 5. The molecule has 168 valence electrons. The number of aliphatic hydroxyl groups excluding tert-OH is 1. The highest BCUT2D eigenvalue weighted by Crippen LogP contribution is 2.41. The van der Waals surface area contributed by atoms with Gasteiger partial charge in [0.25, 0.3) is 11.7 Å². The van der Waals surface area contributed by atoms with E-state index in [-0.39, 0.29) is 17.9 Å². The number of nitrogens with zero attached hydrogens (tertiary/aromatic N) is 3. The van der Waals surface area contributed by atoms with Crippen molar-refractivity contribution in [2.75, 3.05) is 19.0 Å². The fourth-order valence-electron chi connectivity index (χ4n) is 3.98. The lowest BCUT2D eigenvalue weighted by atomic mass is 9.94. The number of pyridine rings is 1. The van der Waals surface area contributed by atoms with Gasteiger partial charge in [0.15, 0.2) is 0 Å². The molecule has 0 spiro atoms. The first-order chi connectivity index (χ1) is 15.8. The molecule has 0 aliphatic carbocycles. The van der Waals surface area contributed by atoms with E-state index in [1.54, 1.807) is 24.5 Å². The minimum absolute atomic E-state index is 0.0911. The van der Waals surface area contributed by atoms with Crippen LogP contribution >= 0.6 is 15.9 Å². The second-order valence-corrected chi connectivity index (χ2v) is 9.09. The van der Waals surface area contributed by atoms with Crippen molar-refractivity contribution >= 4 is 39.1 Å². The monoisotopic (exact) mass is 505 g/mol. The molecular weight excluding hydrogens is 482 g/mol. The highest BCUT2D eigenvalue weighted by Gasteiger charge is 2.46. The maximum Gasteiger partial charge on any atom is 0.295 e. The Morgan fingerprint density at radius 1 is 1.06 bits per heavy atom. The zero-order valence-corrected chi connectivity index (χ0v) is 20.2. The predicted molar refractivity (Wildman–Crippen MR) is 132 cm³/mol. The molecule has 1 N–H and O–H groups in total. The van der Waals surface area contributed by atoms with Crippen LogP contribution in [0.3, 0.4) is 0 Å². The first kappa shape index (κ1) is 22.7.